The SMILES string of the molecule is C=C(C)C(=O)OCC(=O)CC12CC3(C(C)(C)OCC(C)(C)O)CC(C(C)(C)OCC(C)(O)C(F)(F)F)(C1)CC(C(C)(C)OCC(C)(O)C(F)(F)F)(C2)C3.C=C(C)C(=O)OCC(=O)OC12CC3CC(C(CC)(CC)OCC(C)(C)O)(C1)CC(C(CC)(CC)OCC(C)(O)C(F)(F)F)(C3)C2.C=C(C)C(=O)OCC(=O)OC1CC2CC1C(C(CC)(CC)OCC(C)(O)C(F)(F)F)C2C(CC)(CC)OCC(C)(O)C(F)(F)F. The third-order valence-corrected chi connectivity index (χ3v) is 33.9. The topological polar surface area (TPSA) is 355 Å². The summed E-state index contributed by atoms with van der Waals surface area (Å²) in [6, 6.07) is 0. The quantitative estimate of drug-likeness (QED) is 0.0129. The molecule has 0 aliphatic heterocycles. The van der Waals surface area contributed by atoms with Gasteiger partial charge in [0.15, 0.2) is 47.0 Å². The summed E-state index contributed by atoms with van der Waals surface area (Å²) in [7, 11) is 0. The molecule has 0 aromatic rings. The molecule has 10 rings (SSSR count). The number of esters is 5. The fourth-order valence-electron chi connectivity index (χ4n) is 25.8. The number of rotatable bonds is 49. The maximum atomic E-state index is 13.9. The number of halogens is 15. The lowest BCUT2D eigenvalue weighted by Crippen LogP contribution is -2.74. The van der Waals surface area contributed by atoms with Crippen molar-refractivity contribution in [2.24, 2.45) is 62.1 Å². The molecule has 10 bridgehead atoms. The zero-order valence-corrected chi connectivity index (χ0v) is 88.6. The van der Waals surface area contributed by atoms with Gasteiger partial charge in [0.2, 0.25) is 0 Å². The summed E-state index contributed by atoms with van der Waals surface area (Å²) >= 11 is 0. The highest BCUT2D eigenvalue weighted by Gasteiger charge is 2.79. The lowest BCUT2D eigenvalue weighted by Gasteiger charge is -2.77. The van der Waals surface area contributed by atoms with Crippen molar-refractivity contribution >= 4 is 35.6 Å². The molecule has 10 fully saturated rings. The summed E-state index contributed by atoms with van der Waals surface area (Å²) < 4.78 is 277. The minimum atomic E-state index is -5.03. The van der Waals surface area contributed by atoms with Crippen LogP contribution in [0.15, 0.2) is 36.5 Å². The Hall–Kier alpha value is -5.37. The first-order chi connectivity index (χ1) is 64.3. The first kappa shape index (κ1) is 126. The number of ketones is 1. The summed E-state index contributed by atoms with van der Waals surface area (Å²) in [6.07, 6.45) is -17.4. The van der Waals surface area contributed by atoms with Crippen molar-refractivity contribution in [3.8, 4) is 0 Å². The van der Waals surface area contributed by atoms with Crippen molar-refractivity contribution in [3.63, 3.8) is 0 Å². The Balaban J connectivity index is 0.000000330. The van der Waals surface area contributed by atoms with Crippen LogP contribution in [0.4, 0.5) is 65.9 Å². The average molecular weight is 2090 g/mol. The van der Waals surface area contributed by atoms with E-state index in [0.29, 0.717) is 111 Å². The normalized spacial score (nSPS) is 29.1. The zero-order valence-electron chi connectivity index (χ0n) is 88.6. The number of carbonyl (C=O) groups is 6. The number of hydrogen-bond donors (Lipinski definition) is 7. The molecule has 10 aliphatic carbocycles. The summed E-state index contributed by atoms with van der Waals surface area (Å²) in [5.74, 6) is -6.24. The molecule has 16 atom stereocenters. The van der Waals surface area contributed by atoms with Gasteiger partial charge in [0.05, 0.1) is 96.7 Å². The van der Waals surface area contributed by atoms with Crippen LogP contribution in [-0.4, -0.2) is 258 Å². The Labute approximate surface area is 832 Å². The highest BCUT2D eigenvalue weighted by molar-refractivity contribution is 5.90. The van der Waals surface area contributed by atoms with Gasteiger partial charge in [0, 0.05) is 62.1 Å². The van der Waals surface area contributed by atoms with Crippen LogP contribution < -0.4 is 0 Å². The smallest absolute Gasteiger partial charge is 0.419 e. The molecule has 10 aliphatic rings. The fraction of sp³-hybridized carbons (Fsp3) is 0.883. The van der Waals surface area contributed by atoms with Gasteiger partial charge in [-0.25, -0.2) is 24.0 Å². The minimum absolute atomic E-state index is 0.0550. The third kappa shape index (κ3) is 26.9. The van der Waals surface area contributed by atoms with E-state index in [2.05, 4.69) is 19.7 Å². The van der Waals surface area contributed by atoms with Gasteiger partial charge >= 0.3 is 60.7 Å². The molecule has 0 spiro atoms. The Kier molecular flexibility index (Phi) is 38.3. The van der Waals surface area contributed by atoms with Crippen LogP contribution in [0.25, 0.3) is 0 Å². The van der Waals surface area contributed by atoms with Crippen LogP contribution in [0, 0.1) is 62.1 Å². The van der Waals surface area contributed by atoms with E-state index < -0.39 is 260 Å². The predicted molar refractivity (Wildman–Crippen MR) is 495 cm³/mol. The fourth-order valence-corrected chi connectivity index (χ4v) is 25.8. The molecule has 16 unspecified atom stereocenters. The molecular formula is C103H163F15O25. The Morgan fingerprint density at radius 2 is 0.622 bits per heavy atom. The van der Waals surface area contributed by atoms with Crippen LogP contribution in [0.3, 0.4) is 0 Å². The van der Waals surface area contributed by atoms with Crippen molar-refractivity contribution < 1.29 is 187 Å². The second kappa shape index (κ2) is 43.4. The van der Waals surface area contributed by atoms with Gasteiger partial charge in [-0.3, -0.25) is 4.79 Å². The van der Waals surface area contributed by atoms with Crippen LogP contribution in [0.2, 0.25) is 0 Å². The molecule has 830 valence electrons. The first-order valence-corrected chi connectivity index (χ1v) is 49.6. The molecule has 0 radical (unpaired) electrons. The second-order valence-electron chi connectivity index (χ2n) is 47.4. The molecule has 0 saturated heterocycles. The number of carbonyl (C=O) groups excluding carboxylic acids is 6. The average Bonchev–Trinajstić information content (AvgIpc) is 1.25. The monoisotopic (exact) mass is 2090 g/mol. The largest absolute Gasteiger partial charge is 0.460 e. The Morgan fingerprint density at radius 3 is 0.937 bits per heavy atom. The second-order valence-corrected chi connectivity index (χ2v) is 47.4. The number of Topliss-reactive ketones (excluding diaryl/α,β-unsaturated/α-hetero) is 1. The summed E-state index contributed by atoms with van der Waals surface area (Å²) in [6.45, 7) is 42.1. The van der Waals surface area contributed by atoms with Crippen molar-refractivity contribution in [2.75, 3.05) is 66.1 Å². The van der Waals surface area contributed by atoms with E-state index >= 15 is 0 Å². The summed E-state index contributed by atoms with van der Waals surface area (Å²) in [5.41, 5.74) is -32.6. The van der Waals surface area contributed by atoms with E-state index in [0.717, 1.165) is 13.3 Å². The van der Waals surface area contributed by atoms with Gasteiger partial charge in [-0.1, -0.05) is 75.1 Å². The van der Waals surface area contributed by atoms with E-state index in [9.17, 15) is 130 Å². The number of alkyl halides is 15. The van der Waals surface area contributed by atoms with Crippen molar-refractivity contribution in [2.45, 2.75) is 449 Å². The van der Waals surface area contributed by atoms with E-state index in [4.69, 9.17) is 56.8 Å². The van der Waals surface area contributed by atoms with Gasteiger partial charge in [0.1, 0.15) is 18.3 Å². The lowest BCUT2D eigenvalue weighted by molar-refractivity contribution is -0.346. The maximum absolute atomic E-state index is 13.9. The number of ether oxygens (including phenoxy) is 12. The molecule has 143 heavy (non-hydrogen) atoms. The lowest BCUT2D eigenvalue weighted by atomic mass is 9.29. The molecule has 40 heteroatoms. The molecule has 7 N–H and O–H groups in total. The first-order valence-electron chi connectivity index (χ1n) is 49.6. The van der Waals surface area contributed by atoms with Crippen molar-refractivity contribution in [3.05, 3.63) is 36.5 Å². The highest BCUT2D eigenvalue weighted by atomic mass is 19.4. The predicted octanol–water partition coefficient (Wildman–Crippen LogP) is 19.8. The number of fused-ring (bicyclic) bond motifs is 2. The maximum Gasteiger partial charge on any atom is 0.419 e. The molecular weight excluding hydrogens is 1920 g/mol. The Morgan fingerprint density at radius 1 is 0.336 bits per heavy atom. The zero-order chi connectivity index (χ0) is 110. The minimum Gasteiger partial charge on any atom is -0.460 e. The van der Waals surface area contributed by atoms with Crippen LogP contribution in [0.5, 0.6) is 0 Å². The van der Waals surface area contributed by atoms with Crippen LogP contribution >= 0.6 is 0 Å². The van der Waals surface area contributed by atoms with Gasteiger partial charge in [0.25, 0.3) is 0 Å². The number of aliphatic hydroxyl groups is 7. The van der Waals surface area contributed by atoms with E-state index in [-0.39, 0.29) is 99.6 Å². The molecule has 10 saturated carbocycles. The summed E-state index contributed by atoms with van der Waals surface area (Å²) in [4.78, 5) is 75.7. The van der Waals surface area contributed by atoms with Gasteiger partial charge in [-0.15, -0.1) is 0 Å². The van der Waals surface area contributed by atoms with Gasteiger partial charge in [-0.2, -0.15) is 65.9 Å². The van der Waals surface area contributed by atoms with Crippen LogP contribution in [-0.2, 0) is 85.6 Å². The Bertz CT molecular complexity index is 4360. The highest BCUT2D eigenvalue weighted by Crippen LogP contribution is 2.82. The molecule has 0 heterocycles. The summed E-state index contributed by atoms with van der Waals surface area (Å²) in [5, 5.41) is 73.0. The van der Waals surface area contributed by atoms with Crippen LogP contribution in [0.1, 0.15) is 328 Å². The molecule has 0 aromatic carbocycles. The third-order valence-electron chi connectivity index (χ3n) is 33.9. The molecule has 0 amide bonds. The van der Waals surface area contributed by atoms with E-state index in [1.165, 1.54) is 20.8 Å². The van der Waals surface area contributed by atoms with E-state index in [1.54, 1.807) is 83.1 Å². The van der Waals surface area contributed by atoms with Crippen molar-refractivity contribution in [1.29, 1.82) is 0 Å². The molecule has 25 nitrogen and oxygen atoms in total. The van der Waals surface area contributed by atoms with E-state index in [1.807, 2.05) is 41.5 Å². The van der Waals surface area contributed by atoms with Gasteiger partial charge in [-0.05, 0) is 289 Å². The van der Waals surface area contributed by atoms with Gasteiger partial charge < -0.3 is 92.6 Å². The van der Waals surface area contributed by atoms with Crippen molar-refractivity contribution in [1.82, 2.24) is 0 Å². The standard InChI is InChI=1S/C38H60F6O9.C34H55F3O8.C31H48F6O8/c1-24(2)26(46)50-14-25(45)13-33-15-34(28(5,6)51-21-27(3,4)47)18-35(16-33,29(7,8)52-22-31(11,48)37(39,40)41)20-36(17-33,19-34)30(9,10)53-23-32(12,49)38(42,43)44;1-10-32(11-2,43-21-27(7,8)40)29-14-24-15-30(18-29,33(12-3,13-4)44-22-28(9,41)34(35,36)37)20-31(16-24,19-29)45-25(38)17-42-26(39)23(5)6;1-9-28(10-2,43-16-26(7,40)30(32,33)34)23-19-13-20(21(14-19)45-22(38)15-42-25(39)18(5)6)24(23)29(11-3,12-4)44-17-27(8,41)31(35,36)37/h47-49H,1,13-23H2,2-12H3;24,40-41H,5,10-22H2,1-4,6-9H3;19-21,23-24,40-41H,5,9-17H2,1-4,6-8H3. The number of hydrogen-bond acceptors (Lipinski definition) is 25. The molecule has 0 aromatic heterocycles.